The van der Waals surface area contributed by atoms with Crippen LogP contribution in [0.15, 0.2) is 35.1 Å². The van der Waals surface area contributed by atoms with E-state index in [0.29, 0.717) is 17.7 Å². The van der Waals surface area contributed by atoms with Gasteiger partial charge in [-0.05, 0) is 30.5 Å². The van der Waals surface area contributed by atoms with Crippen molar-refractivity contribution < 1.29 is 14.6 Å². The fourth-order valence-electron chi connectivity index (χ4n) is 4.61. The molecule has 1 aromatic carbocycles. The number of anilines is 1. The molecule has 2 aromatic rings. The van der Waals surface area contributed by atoms with Gasteiger partial charge in [0.15, 0.2) is 5.60 Å². The Kier molecular flexibility index (Phi) is 3.13. The molecule has 26 heavy (non-hydrogen) atoms. The number of hydrogen-bond donors (Lipinski definition) is 2. The number of benzene rings is 1. The van der Waals surface area contributed by atoms with Gasteiger partial charge in [-0.15, -0.1) is 0 Å². The average Bonchev–Trinajstić information content (AvgIpc) is 3.01. The maximum atomic E-state index is 13.1. The van der Waals surface area contributed by atoms with Crippen molar-refractivity contribution in [2.24, 2.45) is 5.92 Å². The van der Waals surface area contributed by atoms with E-state index in [1.54, 1.807) is 11.5 Å². The third-order valence-electron chi connectivity index (χ3n) is 6.09. The third kappa shape index (κ3) is 1.90. The first-order valence-electron chi connectivity index (χ1n) is 9.04. The van der Waals surface area contributed by atoms with Crippen LogP contribution in [-0.2, 0) is 34.7 Å². The standard InChI is InChI=1S/C20H20N2O4/c1-2-20(25)14-8-16-17-12(7-11-5-3-4-6-15(11)21-17)9-22(16)18(23)13(14)10-26-19(20)24/h3-6,8,12,17,21,25H,2,7,9-10H2,1H3/t12?,17?,20-/m1/s1. The maximum absolute atomic E-state index is 13.1. The Morgan fingerprint density at radius 1 is 1.35 bits per heavy atom. The maximum Gasteiger partial charge on any atom is 0.343 e. The summed E-state index contributed by atoms with van der Waals surface area (Å²) >= 11 is 0. The summed E-state index contributed by atoms with van der Waals surface area (Å²) in [4.78, 5) is 25.2. The van der Waals surface area contributed by atoms with Gasteiger partial charge in [0.2, 0.25) is 0 Å². The topological polar surface area (TPSA) is 80.6 Å². The summed E-state index contributed by atoms with van der Waals surface area (Å²) in [5, 5.41) is 14.4. The molecule has 5 rings (SSSR count). The van der Waals surface area contributed by atoms with Gasteiger partial charge in [0.1, 0.15) is 6.61 Å². The first-order chi connectivity index (χ1) is 12.5. The lowest BCUT2D eigenvalue weighted by molar-refractivity contribution is -0.172. The molecule has 0 fully saturated rings. The lowest BCUT2D eigenvalue weighted by Gasteiger charge is -2.33. The number of esters is 1. The van der Waals surface area contributed by atoms with Crippen LogP contribution in [0.5, 0.6) is 0 Å². The van der Waals surface area contributed by atoms with Crippen molar-refractivity contribution in [1.82, 2.24) is 4.57 Å². The van der Waals surface area contributed by atoms with E-state index in [4.69, 9.17) is 4.74 Å². The van der Waals surface area contributed by atoms with Gasteiger partial charge >= 0.3 is 5.97 Å². The number of aliphatic hydroxyl groups is 1. The van der Waals surface area contributed by atoms with Gasteiger partial charge in [-0.1, -0.05) is 25.1 Å². The predicted octanol–water partition coefficient (Wildman–Crippen LogP) is 1.84. The van der Waals surface area contributed by atoms with E-state index >= 15 is 0 Å². The van der Waals surface area contributed by atoms with Crippen LogP contribution >= 0.6 is 0 Å². The van der Waals surface area contributed by atoms with Gasteiger partial charge in [0.05, 0.1) is 11.6 Å². The van der Waals surface area contributed by atoms with Crippen LogP contribution in [0.25, 0.3) is 0 Å². The van der Waals surface area contributed by atoms with Crippen LogP contribution in [0.2, 0.25) is 0 Å². The van der Waals surface area contributed by atoms with Crippen molar-refractivity contribution in [3.05, 3.63) is 63.1 Å². The highest BCUT2D eigenvalue weighted by Crippen LogP contribution is 2.43. The van der Waals surface area contributed by atoms with E-state index in [-0.39, 0.29) is 30.5 Å². The minimum atomic E-state index is -1.74. The normalized spacial score (nSPS) is 28.3. The predicted molar refractivity (Wildman–Crippen MR) is 94.7 cm³/mol. The van der Waals surface area contributed by atoms with Crippen molar-refractivity contribution in [3.8, 4) is 0 Å². The van der Waals surface area contributed by atoms with Crippen molar-refractivity contribution >= 4 is 11.7 Å². The van der Waals surface area contributed by atoms with Crippen molar-refractivity contribution in [2.75, 3.05) is 5.32 Å². The summed E-state index contributed by atoms with van der Waals surface area (Å²) in [6.45, 7) is 2.28. The second kappa shape index (κ2) is 5.20. The highest BCUT2D eigenvalue weighted by Gasteiger charge is 2.47. The number of carbonyl (C=O) groups is 1. The van der Waals surface area contributed by atoms with Crippen LogP contribution in [-0.4, -0.2) is 15.6 Å². The molecule has 0 radical (unpaired) electrons. The number of nitrogens with zero attached hydrogens (tertiary/aromatic N) is 1. The zero-order chi connectivity index (χ0) is 18.1. The number of ether oxygens (including phenoxy) is 1. The second-order valence-electron chi connectivity index (χ2n) is 7.41. The molecular weight excluding hydrogens is 332 g/mol. The van der Waals surface area contributed by atoms with E-state index in [0.717, 1.165) is 17.8 Å². The molecule has 0 amide bonds. The molecule has 0 saturated heterocycles. The van der Waals surface area contributed by atoms with Crippen LogP contribution in [0.1, 0.15) is 41.8 Å². The molecule has 6 nitrogen and oxygen atoms in total. The average molecular weight is 352 g/mol. The molecule has 3 aliphatic rings. The molecule has 2 N–H and O–H groups in total. The molecule has 3 aliphatic heterocycles. The Balaban J connectivity index is 1.67. The number of para-hydroxylation sites is 1. The Labute approximate surface area is 150 Å². The fourth-order valence-corrected chi connectivity index (χ4v) is 4.61. The van der Waals surface area contributed by atoms with E-state index in [1.807, 2.05) is 24.3 Å². The van der Waals surface area contributed by atoms with E-state index in [9.17, 15) is 14.7 Å². The van der Waals surface area contributed by atoms with Crippen molar-refractivity contribution in [1.29, 1.82) is 0 Å². The molecule has 3 atom stereocenters. The number of carbonyl (C=O) groups excluding carboxylic acids is 1. The Morgan fingerprint density at radius 3 is 2.96 bits per heavy atom. The van der Waals surface area contributed by atoms with Crippen molar-refractivity contribution in [3.63, 3.8) is 0 Å². The smallest absolute Gasteiger partial charge is 0.343 e. The van der Waals surface area contributed by atoms with Crippen LogP contribution in [0.4, 0.5) is 5.69 Å². The highest BCUT2D eigenvalue weighted by atomic mass is 16.6. The van der Waals surface area contributed by atoms with Gasteiger partial charge < -0.3 is 19.7 Å². The molecule has 4 heterocycles. The lowest BCUT2D eigenvalue weighted by atomic mass is 9.84. The number of fused-ring (bicyclic) bond motifs is 5. The third-order valence-corrected chi connectivity index (χ3v) is 6.09. The molecule has 0 spiro atoms. The summed E-state index contributed by atoms with van der Waals surface area (Å²) in [6.07, 6.45) is 1.07. The number of cyclic esters (lactones) is 1. The zero-order valence-corrected chi connectivity index (χ0v) is 14.5. The van der Waals surface area contributed by atoms with Gasteiger partial charge in [-0.25, -0.2) is 4.79 Å². The first kappa shape index (κ1) is 15.6. The summed E-state index contributed by atoms with van der Waals surface area (Å²) in [7, 11) is 0. The number of rotatable bonds is 1. The Hall–Kier alpha value is -2.60. The van der Waals surface area contributed by atoms with Gasteiger partial charge in [-0.2, -0.15) is 0 Å². The molecule has 6 heteroatoms. The minimum absolute atomic E-state index is 0.00181. The number of pyridine rings is 1. The quantitative estimate of drug-likeness (QED) is 0.766. The second-order valence-corrected chi connectivity index (χ2v) is 7.41. The fraction of sp³-hybridized carbons (Fsp3) is 0.400. The highest BCUT2D eigenvalue weighted by molar-refractivity contribution is 5.83. The van der Waals surface area contributed by atoms with Crippen LogP contribution in [0.3, 0.4) is 0 Å². The molecule has 0 aliphatic carbocycles. The van der Waals surface area contributed by atoms with Crippen molar-refractivity contribution in [2.45, 2.75) is 44.6 Å². The number of hydrogen-bond acceptors (Lipinski definition) is 5. The van der Waals surface area contributed by atoms with E-state index in [2.05, 4.69) is 11.4 Å². The van der Waals surface area contributed by atoms with E-state index in [1.165, 1.54) is 5.56 Å². The molecule has 134 valence electrons. The summed E-state index contributed by atoms with van der Waals surface area (Å²) < 4.78 is 6.88. The number of aromatic nitrogens is 1. The monoisotopic (exact) mass is 352 g/mol. The van der Waals surface area contributed by atoms with E-state index < -0.39 is 11.6 Å². The zero-order valence-electron chi connectivity index (χ0n) is 14.5. The summed E-state index contributed by atoms with van der Waals surface area (Å²) in [6, 6.07) is 10.0. The Morgan fingerprint density at radius 2 is 2.15 bits per heavy atom. The van der Waals surface area contributed by atoms with Gasteiger partial charge in [0, 0.05) is 29.4 Å². The molecule has 0 bridgehead atoms. The Bertz CT molecular complexity index is 996. The van der Waals surface area contributed by atoms with Gasteiger partial charge in [0.25, 0.3) is 5.56 Å². The SMILES string of the molecule is CC[C@]1(O)C(=O)OCc2c1cc1n(c2=O)CC2Cc3ccccc3NC12. The molecule has 1 aromatic heterocycles. The van der Waals surface area contributed by atoms with Gasteiger partial charge in [-0.3, -0.25) is 4.79 Å². The molecule has 2 unspecified atom stereocenters. The molecule has 0 saturated carbocycles. The lowest BCUT2D eigenvalue weighted by Crippen LogP contribution is -2.44. The largest absolute Gasteiger partial charge is 0.458 e. The summed E-state index contributed by atoms with van der Waals surface area (Å²) in [5.74, 6) is -0.402. The van der Waals surface area contributed by atoms with Crippen LogP contribution < -0.4 is 10.9 Å². The number of nitrogens with one attached hydrogen (secondary N) is 1. The van der Waals surface area contributed by atoms with Crippen LogP contribution in [0, 0.1) is 5.92 Å². The molecular formula is C20H20N2O4. The first-order valence-corrected chi connectivity index (χ1v) is 9.04. The summed E-state index contributed by atoms with van der Waals surface area (Å²) in [5.41, 5.74) is 2.09. The minimum Gasteiger partial charge on any atom is -0.458 e.